The average Bonchev–Trinajstić information content (AvgIpc) is 2.03. The topological polar surface area (TPSA) is 93.5 Å². The summed E-state index contributed by atoms with van der Waals surface area (Å²) in [5.41, 5.74) is 0. The van der Waals surface area contributed by atoms with Gasteiger partial charge in [-0.3, -0.25) is 4.79 Å². The van der Waals surface area contributed by atoms with Gasteiger partial charge in [-0.1, -0.05) is 0 Å². The van der Waals surface area contributed by atoms with Gasteiger partial charge in [0.15, 0.2) is 9.84 Å². The summed E-state index contributed by atoms with van der Waals surface area (Å²) in [5, 5.41) is 8.13. The summed E-state index contributed by atoms with van der Waals surface area (Å²) in [7, 11) is -2.21. The lowest BCUT2D eigenvalue weighted by Gasteiger charge is -2.02. The third-order valence-electron chi connectivity index (χ3n) is 1.17. The van der Waals surface area contributed by atoms with E-state index in [0.717, 1.165) is 0 Å². The Labute approximate surface area is 82.3 Å². The first-order chi connectivity index (χ1) is 6.52. The lowest BCUT2D eigenvalue weighted by molar-refractivity contribution is -0.141. The van der Waals surface area contributed by atoms with Gasteiger partial charge in [-0.15, -0.1) is 0 Å². The molecule has 6 nitrogen and oxygen atoms in total. The first-order valence-electron chi connectivity index (χ1n) is 3.74. The third-order valence-corrected chi connectivity index (χ3v) is 2.42. The van der Waals surface area contributed by atoms with Crippen molar-refractivity contribution in [3.05, 3.63) is 0 Å². The van der Waals surface area contributed by atoms with Crippen LogP contribution >= 0.6 is 0 Å². The molecule has 0 aromatic heterocycles. The molecule has 0 fully saturated rings. The van der Waals surface area contributed by atoms with E-state index in [2.05, 4.69) is 9.47 Å². The van der Waals surface area contributed by atoms with Crippen molar-refractivity contribution >= 4 is 15.8 Å². The van der Waals surface area contributed by atoms with Crippen LogP contribution in [0.25, 0.3) is 0 Å². The Morgan fingerprint density at radius 3 is 2.57 bits per heavy atom. The van der Waals surface area contributed by atoms with Crippen LogP contribution in [0.15, 0.2) is 0 Å². The highest BCUT2D eigenvalue weighted by molar-refractivity contribution is 7.92. The van der Waals surface area contributed by atoms with E-state index in [1.807, 2.05) is 0 Å². The van der Waals surface area contributed by atoms with E-state index < -0.39 is 27.3 Å². The van der Waals surface area contributed by atoms with Crippen LogP contribution in [-0.4, -0.2) is 46.2 Å². The number of methoxy groups -OCH3 is 1. The number of ether oxygens (including phenoxy) is 2. The predicted molar refractivity (Wildman–Crippen MR) is 47.1 cm³/mol. The molecule has 0 spiro atoms. The van der Waals surface area contributed by atoms with Gasteiger partial charge < -0.3 is 9.47 Å². The molecule has 0 bridgehead atoms. The maximum absolute atomic E-state index is 10.9. The van der Waals surface area contributed by atoms with Crippen molar-refractivity contribution in [3.63, 3.8) is 0 Å². The Morgan fingerprint density at radius 1 is 1.43 bits per heavy atom. The van der Waals surface area contributed by atoms with Gasteiger partial charge in [0.2, 0.25) is 0 Å². The molecule has 0 radical (unpaired) electrons. The molecule has 0 rings (SSSR count). The highest BCUT2D eigenvalue weighted by Crippen LogP contribution is 1.91. The molecular weight excluding hydrogens is 210 g/mol. The monoisotopic (exact) mass is 221 g/mol. The summed E-state index contributed by atoms with van der Waals surface area (Å²) in [6.07, 6.45) is 0. The lowest BCUT2D eigenvalue weighted by Crippen LogP contribution is -2.21. The molecule has 0 amide bonds. The number of esters is 1. The number of carbonyl (C=O) groups excluding carboxylic acids is 1. The SMILES string of the molecule is COCCOC(=O)CS(=O)(=O)CC#N. The van der Waals surface area contributed by atoms with Crippen molar-refractivity contribution in [2.45, 2.75) is 0 Å². The molecule has 14 heavy (non-hydrogen) atoms. The standard InChI is InChI=1S/C7H11NO5S/c1-12-3-4-13-7(9)6-14(10,11)5-2-8/h3-6H2,1H3. The summed E-state index contributed by atoms with van der Waals surface area (Å²) >= 11 is 0. The summed E-state index contributed by atoms with van der Waals surface area (Å²) in [4.78, 5) is 10.8. The van der Waals surface area contributed by atoms with Crippen LogP contribution in [-0.2, 0) is 24.1 Å². The van der Waals surface area contributed by atoms with Crippen LogP contribution in [0.1, 0.15) is 0 Å². The number of nitriles is 1. The van der Waals surface area contributed by atoms with E-state index in [1.165, 1.54) is 13.2 Å². The van der Waals surface area contributed by atoms with Crippen LogP contribution in [0.5, 0.6) is 0 Å². The van der Waals surface area contributed by atoms with E-state index in [9.17, 15) is 13.2 Å². The molecule has 0 aliphatic rings. The minimum Gasteiger partial charge on any atom is -0.462 e. The normalized spacial score (nSPS) is 10.6. The fourth-order valence-electron chi connectivity index (χ4n) is 0.609. The van der Waals surface area contributed by atoms with E-state index in [0.29, 0.717) is 0 Å². The van der Waals surface area contributed by atoms with E-state index in [4.69, 9.17) is 5.26 Å². The molecule has 0 saturated heterocycles. The quantitative estimate of drug-likeness (QED) is 0.427. The van der Waals surface area contributed by atoms with Crippen LogP contribution in [0.2, 0.25) is 0 Å². The van der Waals surface area contributed by atoms with E-state index in [1.54, 1.807) is 0 Å². The zero-order valence-electron chi connectivity index (χ0n) is 7.73. The van der Waals surface area contributed by atoms with Gasteiger partial charge >= 0.3 is 5.97 Å². The third kappa shape index (κ3) is 6.39. The van der Waals surface area contributed by atoms with Gasteiger partial charge in [-0.25, -0.2) is 8.42 Å². The summed E-state index contributed by atoms with van der Waals surface area (Å²) in [6, 6.07) is 1.46. The van der Waals surface area contributed by atoms with Crippen molar-refractivity contribution in [2.24, 2.45) is 0 Å². The van der Waals surface area contributed by atoms with Crippen LogP contribution in [0.4, 0.5) is 0 Å². The van der Waals surface area contributed by atoms with Gasteiger partial charge in [0, 0.05) is 7.11 Å². The Morgan fingerprint density at radius 2 is 2.07 bits per heavy atom. The van der Waals surface area contributed by atoms with Crippen LogP contribution in [0, 0.1) is 11.3 Å². The average molecular weight is 221 g/mol. The fourth-order valence-corrected chi connectivity index (χ4v) is 1.35. The van der Waals surface area contributed by atoms with Crippen molar-refractivity contribution in [2.75, 3.05) is 31.8 Å². The predicted octanol–water partition coefficient (Wildman–Crippen LogP) is -0.886. The highest BCUT2D eigenvalue weighted by Gasteiger charge is 2.16. The maximum atomic E-state index is 10.9. The number of carbonyl (C=O) groups is 1. The summed E-state index contributed by atoms with van der Waals surface area (Å²) in [6.45, 7) is 0.224. The second-order valence-corrected chi connectivity index (χ2v) is 4.47. The highest BCUT2D eigenvalue weighted by atomic mass is 32.2. The lowest BCUT2D eigenvalue weighted by atomic mass is 10.7. The fraction of sp³-hybridized carbons (Fsp3) is 0.714. The Balaban J connectivity index is 3.89. The number of sulfone groups is 1. The van der Waals surface area contributed by atoms with Crippen molar-refractivity contribution in [1.82, 2.24) is 0 Å². The van der Waals surface area contributed by atoms with E-state index in [-0.39, 0.29) is 13.2 Å². The molecule has 0 saturated carbocycles. The van der Waals surface area contributed by atoms with Crippen LogP contribution < -0.4 is 0 Å². The van der Waals surface area contributed by atoms with Gasteiger partial charge in [0.25, 0.3) is 0 Å². The van der Waals surface area contributed by atoms with Gasteiger partial charge in [0.1, 0.15) is 18.1 Å². The Kier molecular flexibility index (Phi) is 5.83. The second-order valence-electron chi connectivity index (χ2n) is 2.40. The molecule has 0 aliphatic heterocycles. The molecule has 0 unspecified atom stereocenters. The Bertz CT molecular complexity index is 315. The molecule has 0 atom stereocenters. The largest absolute Gasteiger partial charge is 0.462 e. The minimum atomic E-state index is -3.64. The first kappa shape index (κ1) is 12.9. The second kappa shape index (κ2) is 6.34. The number of rotatable bonds is 6. The van der Waals surface area contributed by atoms with Crippen LogP contribution in [0.3, 0.4) is 0 Å². The molecule has 0 aliphatic carbocycles. The molecule has 0 N–H and O–H groups in total. The number of nitrogens with zero attached hydrogens (tertiary/aromatic N) is 1. The van der Waals surface area contributed by atoms with Crippen molar-refractivity contribution in [3.8, 4) is 6.07 Å². The van der Waals surface area contributed by atoms with Crippen molar-refractivity contribution in [1.29, 1.82) is 5.26 Å². The zero-order valence-corrected chi connectivity index (χ0v) is 8.54. The molecule has 0 aromatic rings. The van der Waals surface area contributed by atoms with Gasteiger partial charge in [-0.05, 0) is 0 Å². The molecular formula is C7H11NO5S. The van der Waals surface area contributed by atoms with Crippen molar-refractivity contribution < 1.29 is 22.7 Å². The maximum Gasteiger partial charge on any atom is 0.321 e. The van der Waals surface area contributed by atoms with Gasteiger partial charge in [0.05, 0.1) is 12.7 Å². The Hall–Kier alpha value is -1.13. The summed E-state index contributed by atoms with van der Waals surface area (Å²) < 4.78 is 30.9. The van der Waals surface area contributed by atoms with E-state index >= 15 is 0 Å². The molecule has 0 aromatic carbocycles. The molecule has 0 heterocycles. The molecule has 80 valence electrons. The minimum absolute atomic E-state index is 0.0113. The first-order valence-corrected chi connectivity index (χ1v) is 5.56. The number of hydrogen-bond donors (Lipinski definition) is 0. The molecule has 7 heteroatoms. The zero-order chi connectivity index (χ0) is 11.0. The smallest absolute Gasteiger partial charge is 0.321 e. The number of hydrogen-bond acceptors (Lipinski definition) is 6. The summed E-state index contributed by atoms with van der Waals surface area (Å²) in [5.74, 6) is -2.30. The van der Waals surface area contributed by atoms with Gasteiger partial charge in [-0.2, -0.15) is 5.26 Å².